The summed E-state index contributed by atoms with van der Waals surface area (Å²) >= 11 is 1.35. The van der Waals surface area contributed by atoms with Gasteiger partial charge in [0.25, 0.3) is 5.91 Å². The third-order valence-electron chi connectivity index (χ3n) is 5.59. The molecule has 2 aromatic carbocycles. The zero-order valence-electron chi connectivity index (χ0n) is 18.8. The quantitative estimate of drug-likeness (QED) is 0.429. The summed E-state index contributed by atoms with van der Waals surface area (Å²) in [5.74, 6) is -0.381. The minimum atomic E-state index is -0.296. The highest BCUT2D eigenvalue weighted by molar-refractivity contribution is 7.22. The molecular weight excluding hydrogens is 411 g/mol. The van der Waals surface area contributed by atoms with E-state index in [2.05, 4.69) is 42.5 Å². The van der Waals surface area contributed by atoms with Crippen LogP contribution in [0, 0.1) is 5.82 Å². The third kappa shape index (κ3) is 5.40. The van der Waals surface area contributed by atoms with Gasteiger partial charge in [-0.1, -0.05) is 25.2 Å². The average molecular weight is 443 g/mol. The van der Waals surface area contributed by atoms with Gasteiger partial charge < -0.3 is 9.80 Å². The van der Waals surface area contributed by atoms with Gasteiger partial charge in [0.1, 0.15) is 5.82 Å². The molecule has 0 bridgehead atoms. The summed E-state index contributed by atoms with van der Waals surface area (Å²) in [6.45, 7) is 13.4. The minimum Gasteiger partial charge on any atom is -0.372 e. The number of rotatable bonds is 10. The molecule has 1 aromatic heterocycles. The number of anilines is 2. The largest absolute Gasteiger partial charge is 0.372 e. The van der Waals surface area contributed by atoms with E-state index in [1.54, 1.807) is 11.0 Å². The van der Waals surface area contributed by atoms with Crippen LogP contribution in [0.2, 0.25) is 0 Å². The van der Waals surface area contributed by atoms with E-state index in [4.69, 9.17) is 0 Å². The van der Waals surface area contributed by atoms with E-state index in [0.717, 1.165) is 43.1 Å². The lowest BCUT2D eigenvalue weighted by atomic mass is 10.1. The van der Waals surface area contributed by atoms with Crippen LogP contribution in [0.15, 0.2) is 42.5 Å². The first-order valence-electron chi connectivity index (χ1n) is 11.0. The predicted molar refractivity (Wildman–Crippen MR) is 129 cm³/mol. The average Bonchev–Trinajstić information content (AvgIpc) is 3.20. The summed E-state index contributed by atoms with van der Waals surface area (Å²) in [6, 6.07) is 12.3. The molecule has 0 saturated heterocycles. The minimum absolute atomic E-state index is 0.0854. The molecule has 166 valence electrons. The van der Waals surface area contributed by atoms with Crippen molar-refractivity contribution >= 4 is 38.3 Å². The maximum atomic E-state index is 13.7. The summed E-state index contributed by atoms with van der Waals surface area (Å²) in [6.07, 6.45) is 0. The number of halogens is 1. The number of hydrogen-bond donors (Lipinski definition) is 0. The van der Waals surface area contributed by atoms with Crippen LogP contribution >= 0.6 is 11.3 Å². The number of hydrogen-bond acceptors (Lipinski definition) is 5. The first kappa shape index (κ1) is 23.2. The summed E-state index contributed by atoms with van der Waals surface area (Å²) in [5.41, 5.74) is 2.44. The second kappa shape index (κ2) is 10.7. The number of carbonyl (C=O) groups excluding carboxylic acids is 1. The first-order chi connectivity index (χ1) is 15.0. The number of amides is 1. The van der Waals surface area contributed by atoms with E-state index in [0.29, 0.717) is 22.8 Å². The lowest BCUT2D eigenvalue weighted by Gasteiger charge is -2.25. The van der Waals surface area contributed by atoms with Crippen LogP contribution in [-0.4, -0.2) is 55.1 Å². The Morgan fingerprint density at radius 3 is 2.23 bits per heavy atom. The van der Waals surface area contributed by atoms with E-state index >= 15 is 0 Å². The molecule has 3 rings (SSSR count). The van der Waals surface area contributed by atoms with Crippen LogP contribution in [0.4, 0.5) is 15.2 Å². The Morgan fingerprint density at radius 1 is 0.935 bits per heavy atom. The second-order valence-corrected chi connectivity index (χ2v) is 8.32. The van der Waals surface area contributed by atoms with Gasteiger partial charge in [-0.3, -0.25) is 9.69 Å². The van der Waals surface area contributed by atoms with Gasteiger partial charge in [-0.15, -0.1) is 0 Å². The van der Waals surface area contributed by atoms with Crippen LogP contribution in [0.3, 0.4) is 0 Å². The van der Waals surface area contributed by atoms with Crippen LogP contribution in [-0.2, 0) is 0 Å². The topological polar surface area (TPSA) is 39.7 Å². The van der Waals surface area contributed by atoms with Crippen LogP contribution in [0.1, 0.15) is 38.1 Å². The summed E-state index contributed by atoms with van der Waals surface area (Å²) < 4.78 is 14.4. The SMILES string of the molecule is CCN(CC)CCN(C(=O)c1ccc(N(CC)CC)cc1)c1nc2ccc(F)cc2s1. The van der Waals surface area contributed by atoms with Gasteiger partial charge in [-0.2, -0.15) is 0 Å². The molecule has 0 aliphatic carbocycles. The number of nitrogens with zero attached hydrogens (tertiary/aromatic N) is 4. The van der Waals surface area contributed by atoms with Gasteiger partial charge in [0.15, 0.2) is 5.13 Å². The Balaban J connectivity index is 1.91. The second-order valence-electron chi connectivity index (χ2n) is 7.31. The number of thiazole rings is 1. The van der Waals surface area contributed by atoms with Gasteiger partial charge in [-0.25, -0.2) is 9.37 Å². The van der Waals surface area contributed by atoms with Crippen molar-refractivity contribution in [3.63, 3.8) is 0 Å². The molecule has 0 atom stereocenters. The smallest absolute Gasteiger partial charge is 0.260 e. The van der Waals surface area contributed by atoms with Gasteiger partial charge in [0, 0.05) is 37.4 Å². The molecule has 0 saturated carbocycles. The Kier molecular flexibility index (Phi) is 7.98. The number of aromatic nitrogens is 1. The fourth-order valence-electron chi connectivity index (χ4n) is 3.63. The van der Waals surface area contributed by atoms with Crippen molar-refractivity contribution in [1.29, 1.82) is 0 Å². The van der Waals surface area contributed by atoms with Crippen LogP contribution in [0.25, 0.3) is 10.2 Å². The molecule has 0 aliphatic rings. The molecule has 3 aromatic rings. The van der Waals surface area contributed by atoms with Crippen molar-refractivity contribution in [2.75, 3.05) is 49.1 Å². The molecule has 5 nitrogen and oxygen atoms in total. The van der Waals surface area contributed by atoms with Crippen molar-refractivity contribution in [3.05, 3.63) is 53.8 Å². The number of benzene rings is 2. The van der Waals surface area contributed by atoms with Gasteiger partial charge in [0.2, 0.25) is 0 Å². The number of fused-ring (bicyclic) bond motifs is 1. The normalized spacial score (nSPS) is 11.3. The molecule has 0 aliphatic heterocycles. The molecule has 0 fully saturated rings. The molecule has 1 heterocycles. The van der Waals surface area contributed by atoms with E-state index in [1.807, 2.05) is 24.3 Å². The summed E-state index contributed by atoms with van der Waals surface area (Å²) in [4.78, 5) is 24.4. The van der Waals surface area contributed by atoms with Gasteiger partial charge in [0.05, 0.1) is 10.2 Å². The predicted octanol–water partition coefficient (Wildman–Crippen LogP) is 5.27. The molecule has 31 heavy (non-hydrogen) atoms. The van der Waals surface area contributed by atoms with Gasteiger partial charge >= 0.3 is 0 Å². The molecule has 1 amide bonds. The lowest BCUT2D eigenvalue weighted by molar-refractivity contribution is 0.0984. The Labute approximate surface area is 188 Å². The number of carbonyl (C=O) groups is 1. The van der Waals surface area contributed by atoms with E-state index < -0.39 is 0 Å². The number of likely N-dealkylation sites (N-methyl/N-ethyl adjacent to an activating group) is 1. The third-order valence-corrected chi connectivity index (χ3v) is 6.63. The van der Waals surface area contributed by atoms with Crippen molar-refractivity contribution in [1.82, 2.24) is 9.88 Å². The first-order valence-corrected chi connectivity index (χ1v) is 11.8. The van der Waals surface area contributed by atoms with Crippen molar-refractivity contribution < 1.29 is 9.18 Å². The standard InChI is InChI=1S/C24H31FN4OS/c1-5-27(6-2)15-16-29(24-26-21-14-11-19(25)17-22(21)31-24)23(30)18-9-12-20(13-10-18)28(7-3)8-4/h9-14,17H,5-8,15-16H2,1-4H3. The van der Waals surface area contributed by atoms with Crippen molar-refractivity contribution in [2.24, 2.45) is 0 Å². The summed E-state index contributed by atoms with van der Waals surface area (Å²) in [5, 5.41) is 0.602. The molecule has 0 N–H and O–H groups in total. The van der Waals surface area contributed by atoms with Crippen LogP contribution < -0.4 is 9.80 Å². The van der Waals surface area contributed by atoms with E-state index in [9.17, 15) is 9.18 Å². The highest BCUT2D eigenvalue weighted by atomic mass is 32.1. The molecule has 7 heteroatoms. The van der Waals surface area contributed by atoms with Crippen molar-refractivity contribution in [2.45, 2.75) is 27.7 Å². The fourth-order valence-corrected chi connectivity index (χ4v) is 4.64. The molecule has 0 radical (unpaired) electrons. The zero-order valence-corrected chi connectivity index (χ0v) is 19.6. The Hall–Kier alpha value is -2.51. The highest BCUT2D eigenvalue weighted by Gasteiger charge is 2.22. The Morgan fingerprint density at radius 2 is 1.61 bits per heavy atom. The molecule has 0 unspecified atom stereocenters. The lowest BCUT2D eigenvalue weighted by Crippen LogP contribution is -2.38. The highest BCUT2D eigenvalue weighted by Crippen LogP contribution is 2.30. The maximum Gasteiger partial charge on any atom is 0.260 e. The zero-order chi connectivity index (χ0) is 22.4. The van der Waals surface area contributed by atoms with E-state index in [-0.39, 0.29) is 11.7 Å². The van der Waals surface area contributed by atoms with Gasteiger partial charge in [-0.05, 0) is 69.4 Å². The fraction of sp³-hybridized carbons (Fsp3) is 0.417. The Bertz CT molecular complexity index is 996. The van der Waals surface area contributed by atoms with Crippen molar-refractivity contribution in [3.8, 4) is 0 Å². The molecular formula is C24H31FN4OS. The maximum absolute atomic E-state index is 13.7. The van der Waals surface area contributed by atoms with Crippen LogP contribution in [0.5, 0.6) is 0 Å². The monoisotopic (exact) mass is 442 g/mol. The summed E-state index contributed by atoms with van der Waals surface area (Å²) in [7, 11) is 0. The molecule has 0 spiro atoms. The van der Waals surface area contributed by atoms with E-state index in [1.165, 1.54) is 23.5 Å².